The number of hydrogen-bond donors (Lipinski definition) is 1. The van der Waals surface area contributed by atoms with Crippen molar-refractivity contribution in [1.29, 1.82) is 0 Å². The van der Waals surface area contributed by atoms with Crippen LogP contribution in [0.3, 0.4) is 0 Å². The summed E-state index contributed by atoms with van der Waals surface area (Å²) in [5, 5.41) is 2.80. The topological polar surface area (TPSA) is 84.9 Å². The molecule has 1 N–H and O–H groups in total. The van der Waals surface area contributed by atoms with Crippen LogP contribution in [0.4, 0.5) is 5.69 Å². The third-order valence-corrected chi connectivity index (χ3v) is 7.44. The van der Waals surface area contributed by atoms with Gasteiger partial charge in [0.25, 0.3) is 5.91 Å². The van der Waals surface area contributed by atoms with Crippen LogP contribution in [-0.4, -0.2) is 45.0 Å². The molecule has 3 aromatic carbocycles. The lowest BCUT2D eigenvalue weighted by Crippen LogP contribution is -2.26. The summed E-state index contributed by atoms with van der Waals surface area (Å²) in [7, 11) is -2.11. The maximum atomic E-state index is 12.9. The Hall–Kier alpha value is -3.20. The molecule has 1 aliphatic rings. The molecule has 1 unspecified atom stereocenters. The number of nitrogens with zero attached hydrogens (tertiary/aromatic N) is 1. The second-order valence-corrected chi connectivity index (χ2v) is 10.2. The summed E-state index contributed by atoms with van der Waals surface area (Å²) in [5.74, 6) is 0.297. The summed E-state index contributed by atoms with van der Waals surface area (Å²) < 4.78 is 38.4. The molecule has 0 bridgehead atoms. The van der Waals surface area contributed by atoms with Gasteiger partial charge in [0.15, 0.2) is 0 Å². The number of carbonyl (C=O) groups is 1. The van der Waals surface area contributed by atoms with Gasteiger partial charge in [-0.05, 0) is 60.9 Å². The summed E-state index contributed by atoms with van der Waals surface area (Å²) in [6, 6.07) is 22.5. The molecular weight excluding hydrogens is 452 g/mol. The number of amides is 1. The Morgan fingerprint density at radius 3 is 2.53 bits per heavy atom. The summed E-state index contributed by atoms with van der Waals surface area (Å²) in [4.78, 5) is 12.9. The van der Waals surface area contributed by atoms with Gasteiger partial charge < -0.3 is 14.8 Å². The molecule has 1 fully saturated rings. The van der Waals surface area contributed by atoms with Crippen molar-refractivity contribution in [2.45, 2.75) is 30.4 Å². The van der Waals surface area contributed by atoms with E-state index in [1.165, 1.54) is 16.4 Å². The third kappa shape index (κ3) is 6.02. The lowest BCUT2D eigenvalue weighted by Gasteiger charge is -2.17. The zero-order valence-corrected chi connectivity index (χ0v) is 19.8. The molecular formula is C26H28N2O5S. The normalized spacial score (nSPS) is 15.9. The molecule has 8 heteroatoms. The first kappa shape index (κ1) is 23.9. The molecule has 4 rings (SSSR count). The van der Waals surface area contributed by atoms with Crippen LogP contribution in [0.25, 0.3) is 0 Å². The van der Waals surface area contributed by atoms with Gasteiger partial charge in [0, 0.05) is 31.5 Å². The number of benzene rings is 3. The average molecular weight is 481 g/mol. The minimum Gasteiger partial charge on any atom is -0.491 e. The minimum absolute atomic E-state index is 0.0963. The number of sulfonamides is 1. The van der Waals surface area contributed by atoms with Crippen molar-refractivity contribution < 1.29 is 22.7 Å². The highest BCUT2D eigenvalue weighted by Crippen LogP contribution is 2.21. The second-order valence-electron chi connectivity index (χ2n) is 8.20. The fourth-order valence-corrected chi connectivity index (χ4v) is 4.87. The molecule has 0 radical (unpaired) electrons. The third-order valence-electron chi connectivity index (χ3n) is 5.62. The number of nitrogens with one attached hydrogen (secondary N) is 1. The van der Waals surface area contributed by atoms with Gasteiger partial charge in [-0.25, -0.2) is 8.42 Å². The zero-order chi connectivity index (χ0) is 24.0. The van der Waals surface area contributed by atoms with Crippen LogP contribution in [0.15, 0.2) is 83.8 Å². The van der Waals surface area contributed by atoms with Crippen molar-refractivity contribution in [3.05, 3.63) is 90.0 Å². The van der Waals surface area contributed by atoms with Crippen molar-refractivity contribution in [3.63, 3.8) is 0 Å². The first-order valence-corrected chi connectivity index (χ1v) is 12.6. The van der Waals surface area contributed by atoms with Crippen LogP contribution in [-0.2, 0) is 21.3 Å². The molecule has 7 nitrogen and oxygen atoms in total. The molecule has 0 aliphatic carbocycles. The average Bonchev–Trinajstić information content (AvgIpc) is 3.38. The largest absolute Gasteiger partial charge is 0.491 e. The Bertz CT molecular complexity index is 1210. The van der Waals surface area contributed by atoms with E-state index >= 15 is 0 Å². The van der Waals surface area contributed by atoms with E-state index in [0.717, 1.165) is 25.0 Å². The second kappa shape index (κ2) is 10.8. The van der Waals surface area contributed by atoms with Crippen LogP contribution in [0.1, 0.15) is 28.8 Å². The Labute approximate surface area is 200 Å². The monoisotopic (exact) mass is 480 g/mol. The van der Waals surface area contributed by atoms with Gasteiger partial charge >= 0.3 is 0 Å². The highest BCUT2D eigenvalue weighted by atomic mass is 32.2. The first-order valence-electron chi connectivity index (χ1n) is 11.2. The minimum atomic E-state index is -3.66. The fraction of sp³-hybridized carbons (Fsp3) is 0.269. The first-order chi connectivity index (χ1) is 16.4. The summed E-state index contributed by atoms with van der Waals surface area (Å²) in [5.41, 5.74) is 1.85. The van der Waals surface area contributed by atoms with E-state index in [2.05, 4.69) is 5.32 Å². The number of rotatable bonds is 9. The predicted molar refractivity (Wildman–Crippen MR) is 130 cm³/mol. The smallest absolute Gasteiger partial charge is 0.255 e. The van der Waals surface area contributed by atoms with E-state index in [1.54, 1.807) is 43.4 Å². The van der Waals surface area contributed by atoms with Crippen LogP contribution >= 0.6 is 0 Å². The van der Waals surface area contributed by atoms with Crippen LogP contribution in [0.5, 0.6) is 5.75 Å². The summed E-state index contributed by atoms with van der Waals surface area (Å²) >= 11 is 0. The van der Waals surface area contributed by atoms with Crippen LogP contribution < -0.4 is 10.1 Å². The predicted octanol–water partition coefficient (Wildman–Crippen LogP) is 4.32. The molecule has 0 saturated carbocycles. The maximum absolute atomic E-state index is 12.9. The van der Waals surface area contributed by atoms with Gasteiger partial charge in [0.1, 0.15) is 12.4 Å². The molecule has 1 amide bonds. The van der Waals surface area contributed by atoms with E-state index in [1.807, 2.05) is 30.3 Å². The summed E-state index contributed by atoms with van der Waals surface area (Å²) in [6.45, 7) is 1.49. The van der Waals surface area contributed by atoms with E-state index in [4.69, 9.17) is 9.47 Å². The van der Waals surface area contributed by atoms with E-state index in [9.17, 15) is 13.2 Å². The lowest BCUT2D eigenvalue weighted by molar-refractivity contribution is 0.0679. The lowest BCUT2D eigenvalue weighted by atomic mass is 10.2. The van der Waals surface area contributed by atoms with Gasteiger partial charge in [-0.2, -0.15) is 4.31 Å². The maximum Gasteiger partial charge on any atom is 0.255 e. The SMILES string of the molecule is CN(Cc1ccccc1)S(=O)(=O)c1ccc(NC(=O)c2cccc(OCC3CCCO3)c2)cc1. The number of ether oxygens (including phenoxy) is 2. The summed E-state index contributed by atoms with van der Waals surface area (Å²) in [6.07, 6.45) is 2.12. The number of carbonyl (C=O) groups excluding carboxylic acids is 1. The Morgan fingerprint density at radius 1 is 1.06 bits per heavy atom. The number of hydrogen-bond acceptors (Lipinski definition) is 5. The van der Waals surface area contributed by atoms with Gasteiger partial charge in [0.2, 0.25) is 10.0 Å². The van der Waals surface area contributed by atoms with Crippen molar-refractivity contribution >= 4 is 21.6 Å². The Morgan fingerprint density at radius 2 is 1.82 bits per heavy atom. The van der Waals surface area contributed by atoms with Gasteiger partial charge in [-0.3, -0.25) is 4.79 Å². The van der Waals surface area contributed by atoms with E-state index in [0.29, 0.717) is 23.6 Å². The van der Waals surface area contributed by atoms with E-state index < -0.39 is 10.0 Å². The van der Waals surface area contributed by atoms with Crippen molar-refractivity contribution in [2.75, 3.05) is 25.6 Å². The highest BCUT2D eigenvalue weighted by Gasteiger charge is 2.21. The quantitative estimate of drug-likeness (QED) is 0.493. The molecule has 1 atom stereocenters. The molecule has 178 valence electrons. The molecule has 0 spiro atoms. The molecule has 1 aliphatic heterocycles. The van der Waals surface area contributed by atoms with Crippen molar-refractivity contribution in [2.24, 2.45) is 0 Å². The van der Waals surface area contributed by atoms with Crippen molar-refractivity contribution in [1.82, 2.24) is 4.31 Å². The highest BCUT2D eigenvalue weighted by molar-refractivity contribution is 7.89. The molecule has 34 heavy (non-hydrogen) atoms. The molecule has 0 aromatic heterocycles. The van der Waals surface area contributed by atoms with Gasteiger partial charge in [-0.15, -0.1) is 0 Å². The Balaban J connectivity index is 1.37. The standard InChI is InChI=1S/C26H28N2O5S/c1-28(18-20-7-3-2-4-8-20)34(30,31)25-14-12-22(13-15-25)27-26(29)21-9-5-10-23(17-21)33-19-24-11-6-16-32-24/h2-5,7-10,12-15,17,24H,6,11,16,18-19H2,1H3,(H,27,29). The van der Waals surface area contributed by atoms with Crippen LogP contribution in [0.2, 0.25) is 0 Å². The molecule has 1 saturated heterocycles. The van der Waals surface area contributed by atoms with Gasteiger partial charge in [-0.1, -0.05) is 36.4 Å². The van der Waals surface area contributed by atoms with Gasteiger partial charge in [0.05, 0.1) is 11.0 Å². The fourth-order valence-electron chi connectivity index (χ4n) is 3.71. The van der Waals surface area contributed by atoms with Crippen molar-refractivity contribution in [3.8, 4) is 5.75 Å². The Kier molecular flexibility index (Phi) is 7.62. The van der Waals surface area contributed by atoms with E-state index in [-0.39, 0.29) is 23.5 Å². The number of anilines is 1. The zero-order valence-electron chi connectivity index (χ0n) is 19.0. The molecule has 3 aromatic rings. The van der Waals surface area contributed by atoms with Crippen LogP contribution in [0, 0.1) is 0 Å². The molecule has 1 heterocycles.